The summed E-state index contributed by atoms with van der Waals surface area (Å²) in [4.78, 5) is 19.8. The highest BCUT2D eigenvalue weighted by Gasteiger charge is 2.55. The lowest BCUT2D eigenvalue weighted by atomic mass is 9.68. The molecule has 5 heteroatoms. The van der Waals surface area contributed by atoms with Crippen molar-refractivity contribution in [2.24, 2.45) is 5.92 Å². The minimum atomic E-state index is -0.863. The normalized spacial score (nSPS) is 30.6. The Labute approximate surface area is 175 Å². The van der Waals surface area contributed by atoms with Crippen molar-refractivity contribution in [1.29, 1.82) is 0 Å². The molecule has 1 aliphatic heterocycles. The van der Waals surface area contributed by atoms with Gasteiger partial charge in [0.1, 0.15) is 0 Å². The first-order valence-corrected chi connectivity index (χ1v) is 11.2. The van der Waals surface area contributed by atoms with Gasteiger partial charge in [0, 0.05) is 18.6 Å². The van der Waals surface area contributed by atoms with Crippen LogP contribution >= 0.6 is 0 Å². The second kappa shape index (κ2) is 7.28. The molecule has 0 radical (unpaired) electrons. The van der Waals surface area contributed by atoms with Crippen LogP contribution in [-0.4, -0.2) is 70.7 Å². The zero-order chi connectivity index (χ0) is 20.9. The SMILES string of the molecule is CN(C)[C@]1(c2ccccc2)CC[C@]2(CC1)CN(CC(C)(C)O)C(=O)N2CC1CC1. The monoisotopic (exact) mass is 399 g/mol. The summed E-state index contributed by atoms with van der Waals surface area (Å²) in [7, 11) is 4.38. The molecule has 0 unspecified atom stereocenters. The fourth-order valence-corrected chi connectivity index (χ4v) is 5.60. The van der Waals surface area contributed by atoms with Crippen LogP contribution in [0.5, 0.6) is 0 Å². The van der Waals surface area contributed by atoms with Crippen molar-refractivity contribution in [1.82, 2.24) is 14.7 Å². The molecule has 0 aromatic heterocycles. The summed E-state index contributed by atoms with van der Waals surface area (Å²) in [5.74, 6) is 0.674. The van der Waals surface area contributed by atoms with E-state index in [1.807, 2.05) is 4.90 Å². The highest BCUT2D eigenvalue weighted by Crippen LogP contribution is 2.50. The summed E-state index contributed by atoms with van der Waals surface area (Å²) < 4.78 is 0. The molecule has 1 heterocycles. The van der Waals surface area contributed by atoms with E-state index in [4.69, 9.17) is 0 Å². The first-order valence-electron chi connectivity index (χ1n) is 11.2. The van der Waals surface area contributed by atoms with Gasteiger partial charge in [0.2, 0.25) is 0 Å². The van der Waals surface area contributed by atoms with Gasteiger partial charge in [-0.15, -0.1) is 0 Å². The van der Waals surface area contributed by atoms with Crippen LogP contribution in [0.25, 0.3) is 0 Å². The fourth-order valence-electron chi connectivity index (χ4n) is 5.60. The number of nitrogens with zero attached hydrogens (tertiary/aromatic N) is 3. The molecule has 0 bridgehead atoms. The van der Waals surface area contributed by atoms with Crippen molar-refractivity contribution in [3.63, 3.8) is 0 Å². The number of β-amino-alcohol motifs (C(OH)–C–C–N with tert-alkyl or cyclic N) is 1. The zero-order valence-electron chi connectivity index (χ0n) is 18.5. The third kappa shape index (κ3) is 3.91. The first-order chi connectivity index (χ1) is 13.7. The van der Waals surface area contributed by atoms with Crippen molar-refractivity contribution in [3.05, 3.63) is 35.9 Å². The number of aliphatic hydroxyl groups is 1. The molecule has 2 aliphatic carbocycles. The predicted octanol–water partition coefficient (Wildman–Crippen LogP) is 3.67. The second-order valence-corrected chi connectivity index (χ2v) is 10.5. The smallest absolute Gasteiger partial charge is 0.320 e. The van der Waals surface area contributed by atoms with Gasteiger partial charge in [-0.05, 0) is 77.9 Å². The number of amides is 2. The summed E-state index contributed by atoms with van der Waals surface area (Å²) in [6.45, 7) is 5.64. The van der Waals surface area contributed by atoms with Crippen LogP contribution in [0.3, 0.4) is 0 Å². The minimum absolute atomic E-state index is 0.0322. The van der Waals surface area contributed by atoms with Crippen molar-refractivity contribution in [3.8, 4) is 0 Å². The Morgan fingerprint density at radius 1 is 1.10 bits per heavy atom. The predicted molar refractivity (Wildman–Crippen MR) is 116 cm³/mol. The third-order valence-corrected chi connectivity index (χ3v) is 7.45. The highest BCUT2D eigenvalue weighted by molar-refractivity contribution is 5.78. The van der Waals surface area contributed by atoms with E-state index in [0.717, 1.165) is 38.8 Å². The van der Waals surface area contributed by atoms with Gasteiger partial charge < -0.3 is 14.9 Å². The van der Waals surface area contributed by atoms with E-state index < -0.39 is 5.60 Å². The van der Waals surface area contributed by atoms with Crippen molar-refractivity contribution in [2.45, 2.75) is 69.1 Å². The Morgan fingerprint density at radius 2 is 1.72 bits per heavy atom. The molecule has 3 aliphatic rings. The lowest BCUT2D eigenvalue weighted by Crippen LogP contribution is -2.55. The van der Waals surface area contributed by atoms with Gasteiger partial charge >= 0.3 is 6.03 Å². The van der Waals surface area contributed by atoms with Crippen LogP contribution < -0.4 is 0 Å². The Balaban J connectivity index is 1.59. The fraction of sp³-hybridized carbons (Fsp3) is 0.708. The Hall–Kier alpha value is -1.59. The summed E-state index contributed by atoms with van der Waals surface area (Å²) in [6, 6.07) is 11.0. The zero-order valence-corrected chi connectivity index (χ0v) is 18.5. The van der Waals surface area contributed by atoms with E-state index >= 15 is 0 Å². The van der Waals surface area contributed by atoms with Gasteiger partial charge in [-0.1, -0.05) is 30.3 Å². The van der Waals surface area contributed by atoms with Gasteiger partial charge in [0.25, 0.3) is 0 Å². The molecule has 4 rings (SSSR count). The van der Waals surface area contributed by atoms with Crippen molar-refractivity contribution >= 4 is 6.03 Å². The Morgan fingerprint density at radius 3 is 2.24 bits per heavy atom. The number of hydrogen-bond donors (Lipinski definition) is 1. The Kier molecular flexibility index (Phi) is 5.19. The molecule has 1 N–H and O–H groups in total. The molecule has 1 spiro atoms. The van der Waals surface area contributed by atoms with E-state index in [-0.39, 0.29) is 17.1 Å². The molecule has 1 aromatic carbocycles. The van der Waals surface area contributed by atoms with Gasteiger partial charge in [-0.3, -0.25) is 4.90 Å². The summed E-state index contributed by atoms with van der Waals surface area (Å²) >= 11 is 0. The largest absolute Gasteiger partial charge is 0.389 e. The molecule has 1 aromatic rings. The van der Waals surface area contributed by atoms with Gasteiger partial charge in [-0.2, -0.15) is 0 Å². The lowest BCUT2D eigenvalue weighted by Gasteiger charge is -2.51. The van der Waals surface area contributed by atoms with Gasteiger partial charge in [0.05, 0.1) is 17.7 Å². The second-order valence-electron chi connectivity index (χ2n) is 10.5. The van der Waals surface area contributed by atoms with E-state index in [0.29, 0.717) is 12.5 Å². The number of benzene rings is 1. The van der Waals surface area contributed by atoms with E-state index in [2.05, 4.69) is 54.2 Å². The standard InChI is InChI=1S/C24H37N3O2/c1-22(2,29)17-26-18-23(27(21(26)28)16-19-10-11-19)12-14-24(15-13-23,25(3)4)20-8-6-5-7-9-20/h5-9,19,29H,10-18H2,1-4H3/t23-,24+. The average molecular weight is 400 g/mol. The Bertz CT molecular complexity index is 728. The number of urea groups is 1. The number of rotatable bonds is 6. The average Bonchev–Trinajstić information content (AvgIpc) is 3.45. The van der Waals surface area contributed by atoms with Crippen molar-refractivity contribution in [2.75, 3.05) is 33.7 Å². The maximum atomic E-state index is 13.3. The number of carbonyl (C=O) groups excluding carboxylic acids is 1. The highest BCUT2D eigenvalue weighted by atomic mass is 16.3. The van der Waals surface area contributed by atoms with Gasteiger partial charge in [-0.25, -0.2) is 4.79 Å². The van der Waals surface area contributed by atoms with Crippen LogP contribution in [0.1, 0.15) is 57.9 Å². The number of carbonyl (C=O) groups is 1. The quantitative estimate of drug-likeness (QED) is 0.794. The van der Waals surface area contributed by atoms with Crippen LogP contribution in [0, 0.1) is 5.92 Å². The van der Waals surface area contributed by atoms with Gasteiger partial charge in [0.15, 0.2) is 0 Å². The molecular weight excluding hydrogens is 362 g/mol. The van der Waals surface area contributed by atoms with Crippen LogP contribution in [0.15, 0.2) is 30.3 Å². The maximum absolute atomic E-state index is 13.3. The van der Waals surface area contributed by atoms with Crippen molar-refractivity contribution < 1.29 is 9.90 Å². The number of hydrogen-bond acceptors (Lipinski definition) is 3. The minimum Gasteiger partial charge on any atom is -0.389 e. The topological polar surface area (TPSA) is 47.0 Å². The summed E-state index contributed by atoms with van der Waals surface area (Å²) in [5, 5.41) is 10.3. The molecule has 3 fully saturated rings. The molecule has 160 valence electrons. The molecule has 0 atom stereocenters. The van der Waals surface area contributed by atoms with Crippen LogP contribution in [-0.2, 0) is 5.54 Å². The van der Waals surface area contributed by atoms with E-state index in [9.17, 15) is 9.90 Å². The first kappa shape index (κ1) is 20.7. The molecule has 29 heavy (non-hydrogen) atoms. The van der Waals surface area contributed by atoms with E-state index in [1.165, 1.54) is 18.4 Å². The van der Waals surface area contributed by atoms with Crippen LogP contribution in [0.2, 0.25) is 0 Å². The summed E-state index contributed by atoms with van der Waals surface area (Å²) in [6.07, 6.45) is 6.62. The molecule has 2 saturated carbocycles. The third-order valence-electron chi connectivity index (χ3n) is 7.45. The summed E-state index contributed by atoms with van der Waals surface area (Å²) in [5.41, 5.74) is 0.466. The van der Waals surface area contributed by atoms with E-state index in [1.54, 1.807) is 13.8 Å². The molecule has 2 amide bonds. The van der Waals surface area contributed by atoms with Crippen LogP contribution in [0.4, 0.5) is 4.79 Å². The maximum Gasteiger partial charge on any atom is 0.320 e. The molecule has 5 nitrogen and oxygen atoms in total. The molecule has 1 saturated heterocycles. The lowest BCUT2D eigenvalue weighted by molar-refractivity contribution is 0.0201. The molecular formula is C24H37N3O2.